The van der Waals surface area contributed by atoms with Crippen molar-refractivity contribution in [2.24, 2.45) is 0 Å². The molecule has 3 rings (SSSR count). The number of morpholine rings is 1. The van der Waals surface area contributed by atoms with Crippen molar-refractivity contribution in [1.29, 1.82) is 0 Å². The second kappa shape index (κ2) is 8.43. The number of carbonyl (C=O) groups is 1. The van der Waals surface area contributed by atoms with Gasteiger partial charge in [-0.15, -0.1) is 0 Å². The van der Waals surface area contributed by atoms with Crippen molar-refractivity contribution < 1.29 is 9.53 Å². The standard InChI is InChI=1S/C20H24ClN3O2/c1-14-11-15(2)20(16(21)12-14)23-19(25)13-22-17-5-3-4-6-18(17)24-7-9-26-10-8-24/h3-6,11-12,22H,7-10,13H2,1-2H3,(H,23,25). The van der Waals surface area contributed by atoms with E-state index in [4.69, 9.17) is 16.3 Å². The summed E-state index contributed by atoms with van der Waals surface area (Å²) in [7, 11) is 0. The Morgan fingerprint density at radius 3 is 2.65 bits per heavy atom. The number of carbonyl (C=O) groups excluding carboxylic acids is 1. The number of nitrogens with zero attached hydrogens (tertiary/aromatic N) is 1. The smallest absolute Gasteiger partial charge is 0.243 e. The summed E-state index contributed by atoms with van der Waals surface area (Å²) in [5.74, 6) is -0.129. The van der Waals surface area contributed by atoms with Crippen LogP contribution >= 0.6 is 11.6 Å². The molecule has 0 aromatic heterocycles. The molecule has 6 heteroatoms. The van der Waals surface area contributed by atoms with Gasteiger partial charge in [0.25, 0.3) is 0 Å². The maximum atomic E-state index is 12.4. The highest BCUT2D eigenvalue weighted by atomic mass is 35.5. The third kappa shape index (κ3) is 4.48. The van der Waals surface area contributed by atoms with Gasteiger partial charge in [-0.2, -0.15) is 0 Å². The van der Waals surface area contributed by atoms with Crippen LogP contribution in [0.4, 0.5) is 17.1 Å². The van der Waals surface area contributed by atoms with Gasteiger partial charge in [-0.05, 0) is 43.2 Å². The van der Waals surface area contributed by atoms with Gasteiger partial charge in [0.05, 0.1) is 41.8 Å². The Morgan fingerprint density at radius 2 is 1.92 bits per heavy atom. The third-order valence-electron chi connectivity index (χ3n) is 4.39. The minimum Gasteiger partial charge on any atom is -0.378 e. The Bertz CT molecular complexity index is 765. The van der Waals surface area contributed by atoms with E-state index in [-0.39, 0.29) is 12.5 Å². The average molecular weight is 374 g/mol. The van der Waals surface area contributed by atoms with Crippen LogP contribution in [0, 0.1) is 13.8 Å². The number of anilines is 3. The molecule has 138 valence electrons. The maximum Gasteiger partial charge on any atom is 0.243 e. The highest BCUT2D eigenvalue weighted by Crippen LogP contribution is 2.28. The quantitative estimate of drug-likeness (QED) is 0.836. The van der Waals surface area contributed by atoms with Crippen LogP contribution in [0.1, 0.15) is 11.1 Å². The van der Waals surface area contributed by atoms with E-state index in [2.05, 4.69) is 21.6 Å². The van der Waals surface area contributed by atoms with E-state index >= 15 is 0 Å². The zero-order valence-corrected chi connectivity index (χ0v) is 15.9. The molecular weight excluding hydrogens is 350 g/mol. The van der Waals surface area contributed by atoms with Crippen LogP contribution in [0.15, 0.2) is 36.4 Å². The molecular formula is C20H24ClN3O2. The average Bonchev–Trinajstić information content (AvgIpc) is 2.64. The summed E-state index contributed by atoms with van der Waals surface area (Å²) >= 11 is 6.27. The molecule has 0 spiro atoms. The van der Waals surface area contributed by atoms with Crippen molar-refractivity contribution in [1.82, 2.24) is 0 Å². The summed E-state index contributed by atoms with van der Waals surface area (Å²) in [4.78, 5) is 14.7. The van der Waals surface area contributed by atoms with Crippen LogP contribution in [-0.2, 0) is 9.53 Å². The molecule has 0 aliphatic carbocycles. The maximum absolute atomic E-state index is 12.4. The molecule has 1 aliphatic heterocycles. The van der Waals surface area contributed by atoms with Crippen molar-refractivity contribution in [3.8, 4) is 0 Å². The van der Waals surface area contributed by atoms with Crippen molar-refractivity contribution in [3.05, 3.63) is 52.5 Å². The van der Waals surface area contributed by atoms with Gasteiger partial charge in [0.2, 0.25) is 5.91 Å². The van der Waals surface area contributed by atoms with E-state index in [1.54, 1.807) is 0 Å². The SMILES string of the molecule is Cc1cc(C)c(NC(=O)CNc2ccccc2N2CCOCC2)c(Cl)c1. The lowest BCUT2D eigenvalue weighted by Gasteiger charge is -2.30. The number of hydrogen-bond acceptors (Lipinski definition) is 4. The fraction of sp³-hybridized carbons (Fsp3) is 0.350. The number of nitrogens with one attached hydrogen (secondary N) is 2. The van der Waals surface area contributed by atoms with E-state index in [0.717, 1.165) is 48.8 Å². The molecule has 1 saturated heterocycles. The molecule has 2 N–H and O–H groups in total. The molecule has 0 radical (unpaired) electrons. The van der Waals surface area contributed by atoms with Gasteiger partial charge < -0.3 is 20.3 Å². The van der Waals surface area contributed by atoms with E-state index in [1.165, 1.54) is 0 Å². The molecule has 0 saturated carbocycles. The first-order valence-corrected chi connectivity index (χ1v) is 9.14. The zero-order chi connectivity index (χ0) is 18.5. The number of aryl methyl sites for hydroxylation is 2. The monoisotopic (exact) mass is 373 g/mol. The van der Waals surface area contributed by atoms with E-state index < -0.39 is 0 Å². The summed E-state index contributed by atoms with van der Waals surface area (Å²) in [6, 6.07) is 11.9. The van der Waals surface area contributed by atoms with Crippen LogP contribution in [-0.4, -0.2) is 38.8 Å². The van der Waals surface area contributed by atoms with Gasteiger partial charge in [-0.25, -0.2) is 0 Å². The summed E-state index contributed by atoms with van der Waals surface area (Å²) < 4.78 is 5.42. The summed E-state index contributed by atoms with van der Waals surface area (Å²) in [5, 5.41) is 6.71. The van der Waals surface area contributed by atoms with Gasteiger partial charge in [0.15, 0.2) is 0 Å². The molecule has 5 nitrogen and oxygen atoms in total. The molecule has 1 aliphatic rings. The lowest BCUT2D eigenvalue weighted by molar-refractivity contribution is -0.114. The normalized spacial score (nSPS) is 14.2. The Hall–Kier alpha value is -2.24. The van der Waals surface area contributed by atoms with Crippen LogP contribution in [0.25, 0.3) is 0 Å². The van der Waals surface area contributed by atoms with E-state index in [1.807, 2.05) is 44.2 Å². The summed E-state index contributed by atoms with van der Waals surface area (Å²) in [6.45, 7) is 7.24. The second-order valence-corrected chi connectivity index (χ2v) is 6.86. The predicted molar refractivity (Wildman–Crippen MR) is 108 cm³/mol. The van der Waals surface area contributed by atoms with Gasteiger partial charge in [-0.1, -0.05) is 29.8 Å². The van der Waals surface area contributed by atoms with Crippen LogP contribution in [0.3, 0.4) is 0 Å². The number of para-hydroxylation sites is 2. The number of ether oxygens (including phenoxy) is 1. The Labute approximate surface area is 159 Å². The number of amides is 1. The van der Waals surface area contributed by atoms with Gasteiger partial charge >= 0.3 is 0 Å². The molecule has 1 fully saturated rings. The Balaban J connectivity index is 1.65. The van der Waals surface area contributed by atoms with Crippen molar-refractivity contribution in [3.63, 3.8) is 0 Å². The Morgan fingerprint density at radius 1 is 1.19 bits per heavy atom. The first kappa shape index (κ1) is 18.5. The number of halogens is 1. The molecule has 0 bridgehead atoms. The highest BCUT2D eigenvalue weighted by molar-refractivity contribution is 6.34. The van der Waals surface area contributed by atoms with E-state index in [9.17, 15) is 4.79 Å². The Kier molecular flexibility index (Phi) is 6.01. The largest absolute Gasteiger partial charge is 0.378 e. The van der Waals surface area contributed by atoms with Gasteiger partial charge in [0.1, 0.15) is 0 Å². The third-order valence-corrected chi connectivity index (χ3v) is 4.69. The van der Waals surface area contributed by atoms with Gasteiger partial charge in [0, 0.05) is 13.1 Å². The first-order chi connectivity index (χ1) is 12.5. The minimum absolute atomic E-state index is 0.129. The molecule has 1 amide bonds. The van der Waals surface area contributed by atoms with Crippen molar-refractivity contribution >= 4 is 34.6 Å². The lowest BCUT2D eigenvalue weighted by Crippen LogP contribution is -2.36. The summed E-state index contributed by atoms with van der Waals surface area (Å²) in [5.41, 5.74) is 4.73. The highest BCUT2D eigenvalue weighted by Gasteiger charge is 2.15. The second-order valence-electron chi connectivity index (χ2n) is 6.46. The van der Waals surface area contributed by atoms with Gasteiger partial charge in [-0.3, -0.25) is 4.79 Å². The lowest BCUT2D eigenvalue weighted by atomic mass is 10.1. The minimum atomic E-state index is -0.129. The fourth-order valence-corrected chi connectivity index (χ4v) is 3.50. The molecule has 2 aromatic carbocycles. The fourth-order valence-electron chi connectivity index (χ4n) is 3.14. The number of benzene rings is 2. The van der Waals surface area contributed by atoms with Crippen molar-refractivity contribution in [2.45, 2.75) is 13.8 Å². The number of hydrogen-bond donors (Lipinski definition) is 2. The van der Waals surface area contributed by atoms with Crippen molar-refractivity contribution in [2.75, 3.05) is 48.4 Å². The molecule has 0 unspecified atom stereocenters. The predicted octanol–water partition coefficient (Wildman–Crippen LogP) is 3.84. The molecule has 2 aromatic rings. The number of rotatable bonds is 5. The van der Waals surface area contributed by atoms with E-state index in [0.29, 0.717) is 10.7 Å². The molecule has 26 heavy (non-hydrogen) atoms. The summed E-state index contributed by atoms with van der Waals surface area (Å²) in [6.07, 6.45) is 0. The van der Waals surface area contributed by atoms with Crippen LogP contribution in [0.2, 0.25) is 5.02 Å². The molecule has 1 heterocycles. The van der Waals surface area contributed by atoms with Crippen LogP contribution < -0.4 is 15.5 Å². The topological polar surface area (TPSA) is 53.6 Å². The molecule has 0 atom stereocenters. The van der Waals surface area contributed by atoms with Crippen LogP contribution in [0.5, 0.6) is 0 Å². The first-order valence-electron chi connectivity index (χ1n) is 8.77. The zero-order valence-electron chi connectivity index (χ0n) is 15.1.